The summed E-state index contributed by atoms with van der Waals surface area (Å²) in [5, 5.41) is 4.13. The van der Waals surface area contributed by atoms with E-state index in [1.165, 1.54) is 14.7 Å². The Kier molecular flexibility index (Phi) is 3.62. The van der Waals surface area contributed by atoms with Crippen LogP contribution in [0.3, 0.4) is 0 Å². The van der Waals surface area contributed by atoms with E-state index < -0.39 is 10.0 Å². The van der Waals surface area contributed by atoms with E-state index in [0.29, 0.717) is 18.8 Å². The largest absolute Gasteiger partial charge is 0.372 e. The van der Waals surface area contributed by atoms with Crippen molar-refractivity contribution in [1.82, 2.24) is 14.3 Å². The van der Waals surface area contributed by atoms with E-state index in [2.05, 4.69) is 29.1 Å². The molecule has 0 saturated carbocycles. The van der Waals surface area contributed by atoms with Crippen LogP contribution >= 0.6 is 11.3 Å². The van der Waals surface area contributed by atoms with Crippen molar-refractivity contribution >= 4 is 37.4 Å². The molecule has 1 aliphatic heterocycles. The second-order valence-electron chi connectivity index (χ2n) is 5.20. The van der Waals surface area contributed by atoms with Gasteiger partial charge in [-0.15, -0.1) is 11.3 Å². The molecule has 8 heteroatoms. The zero-order chi connectivity index (χ0) is 15.2. The SMILES string of the molecule is CNc1nc(CN2CCCS2(=O)=O)nc2sc(C)c(C)c12. The summed E-state index contributed by atoms with van der Waals surface area (Å²) in [4.78, 5) is 11.2. The molecule has 0 aromatic carbocycles. The van der Waals surface area contributed by atoms with Crippen LogP contribution in [0, 0.1) is 13.8 Å². The van der Waals surface area contributed by atoms with Gasteiger partial charge in [-0.05, 0) is 25.8 Å². The predicted octanol–water partition coefficient (Wildman–Crippen LogP) is 1.89. The number of nitrogens with zero attached hydrogens (tertiary/aromatic N) is 3. The molecule has 2 aromatic rings. The summed E-state index contributed by atoms with van der Waals surface area (Å²) in [6, 6.07) is 0. The van der Waals surface area contributed by atoms with Crippen molar-refractivity contribution in [3.05, 3.63) is 16.3 Å². The van der Waals surface area contributed by atoms with Crippen LogP contribution in [-0.2, 0) is 16.6 Å². The summed E-state index contributed by atoms with van der Waals surface area (Å²) >= 11 is 1.62. The van der Waals surface area contributed by atoms with Crippen molar-refractivity contribution in [1.29, 1.82) is 0 Å². The van der Waals surface area contributed by atoms with Crippen LogP contribution in [0.15, 0.2) is 0 Å². The minimum absolute atomic E-state index is 0.228. The van der Waals surface area contributed by atoms with Crippen molar-refractivity contribution < 1.29 is 8.42 Å². The van der Waals surface area contributed by atoms with Crippen molar-refractivity contribution in [2.24, 2.45) is 0 Å². The maximum Gasteiger partial charge on any atom is 0.214 e. The minimum atomic E-state index is -3.12. The molecule has 0 radical (unpaired) electrons. The molecule has 0 atom stereocenters. The van der Waals surface area contributed by atoms with Gasteiger partial charge in [0.2, 0.25) is 10.0 Å². The van der Waals surface area contributed by atoms with Crippen LogP contribution in [0.4, 0.5) is 5.82 Å². The van der Waals surface area contributed by atoms with Gasteiger partial charge in [-0.25, -0.2) is 18.4 Å². The van der Waals surface area contributed by atoms with Gasteiger partial charge >= 0.3 is 0 Å². The molecule has 0 bridgehead atoms. The Bertz CT molecular complexity index is 798. The van der Waals surface area contributed by atoms with E-state index in [1.54, 1.807) is 11.3 Å². The molecule has 0 amide bonds. The first-order valence-corrected chi connectivity index (χ1v) is 9.27. The Morgan fingerprint density at radius 3 is 2.71 bits per heavy atom. The number of sulfonamides is 1. The molecular weight excluding hydrogens is 308 g/mol. The summed E-state index contributed by atoms with van der Waals surface area (Å²) in [5.74, 6) is 1.55. The number of hydrogen-bond acceptors (Lipinski definition) is 6. The second kappa shape index (κ2) is 5.19. The van der Waals surface area contributed by atoms with Crippen molar-refractivity contribution in [3.63, 3.8) is 0 Å². The Hall–Kier alpha value is -1.25. The fraction of sp³-hybridized carbons (Fsp3) is 0.538. The van der Waals surface area contributed by atoms with Gasteiger partial charge in [-0.3, -0.25) is 0 Å². The minimum Gasteiger partial charge on any atom is -0.372 e. The van der Waals surface area contributed by atoms with Crippen molar-refractivity contribution in [3.8, 4) is 0 Å². The summed E-state index contributed by atoms with van der Waals surface area (Å²) in [6.45, 7) is 4.93. The number of aryl methyl sites for hydroxylation is 2. The average Bonchev–Trinajstić information content (AvgIpc) is 2.90. The molecule has 21 heavy (non-hydrogen) atoms. The molecular formula is C13H18N4O2S2. The number of rotatable bonds is 3. The van der Waals surface area contributed by atoms with Gasteiger partial charge in [-0.2, -0.15) is 4.31 Å². The molecule has 0 unspecified atom stereocenters. The normalized spacial score (nSPS) is 18.4. The molecule has 114 valence electrons. The van der Waals surface area contributed by atoms with Crippen LogP contribution in [0.5, 0.6) is 0 Å². The van der Waals surface area contributed by atoms with E-state index in [-0.39, 0.29) is 12.3 Å². The van der Waals surface area contributed by atoms with Crippen molar-refractivity contribution in [2.75, 3.05) is 24.7 Å². The number of aromatic nitrogens is 2. The number of thiophene rings is 1. The summed E-state index contributed by atoms with van der Waals surface area (Å²) in [6.07, 6.45) is 0.681. The molecule has 1 N–H and O–H groups in total. The molecule has 3 rings (SSSR count). The third-order valence-corrected chi connectivity index (χ3v) is 6.84. The smallest absolute Gasteiger partial charge is 0.214 e. The Morgan fingerprint density at radius 1 is 1.33 bits per heavy atom. The highest BCUT2D eigenvalue weighted by atomic mass is 32.2. The number of hydrogen-bond donors (Lipinski definition) is 1. The predicted molar refractivity (Wildman–Crippen MR) is 85.2 cm³/mol. The lowest BCUT2D eigenvalue weighted by molar-refractivity contribution is 0.430. The molecule has 0 spiro atoms. The van der Waals surface area contributed by atoms with Gasteiger partial charge in [0.25, 0.3) is 0 Å². The van der Waals surface area contributed by atoms with E-state index >= 15 is 0 Å². The Labute approximate surface area is 128 Å². The fourth-order valence-electron chi connectivity index (χ4n) is 2.57. The zero-order valence-corrected chi connectivity index (χ0v) is 13.9. The monoisotopic (exact) mass is 326 g/mol. The quantitative estimate of drug-likeness (QED) is 0.932. The maximum absolute atomic E-state index is 11.9. The lowest BCUT2D eigenvalue weighted by Crippen LogP contribution is -2.26. The van der Waals surface area contributed by atoms with Crippen molar-refractivity contribution in [2.45, 2.75) is 26.8 Å². The lowest BCUT2D eigenvalue weighted by atomic mass is 10.2. The molecule has 2 aromatic heterocycles. The highest BCUT2D eigenvalue weighted by Gasteiger charge is 2.29. The van der Waals surface area contributed by atoms with Crippen LogP contribution in [0.25, 0.3) is 10.2 Å². The summed E-state index contributed by atoms with van der Waals surface area (Å²) in [7, 11) is -1.30. The van der Waals surface area contributed by atoms with Crippen LogP contribution < -0.4 is 5.32 Å². The van der Waals surface area contributed by atoms with E-state index in [0.717, 1.165) is 16.0 Å². The Balaban J connectivity index is 2.04. The molecule has 6 nitrogen and oxygen atoms in total. The molecule has 3 heterocycles. The molecule has 0 aliphatic carbocycles. The second-order valence-corrected chi connectivity index (χ2v) is 8.50. The third kappa shape index (κ3) is 2.51. The standard InChI is InChI=1S/C13H18N4O2S2/c1-8-9(2)20-13-11(8)12(14-3)15-10(16-13)7-17-5-4-6-21(17,18)19/h4-7H2,1-3H3,(H,14,15,16). The maximum atomic E-state index is 11.9. The van der Waals surface area contributed by atoms with E-state index in [4.69, 9.17) is 0 Å². The number of fused-ring (bicyclic) bond motifs is 1. The van der Waals surface area contributed by atoms with Gasteiger partial charge < -0.3 is 5.32 Å². The first kappa shape index (κ1) is 14.7. The van der Waals surface area contributed by atoms with E-state index in [1.807, 2.05) is 7.05 Å². The number of nitrogens with one attached hydrogen (secondary N) is 1. The average molecular weight is 326 g/mol. The summed E-state index contributed by atoms with van der Waals surface area (Å²) < 4.78 is 25.3. The topological polar surface area (TPSA) is 75.2 Å². The van der Waals surface area contributed by atoms with Gasteiger partial charge in [0, 0.05) is 18.5 Å². The van der Waals surface area contributed by atoms with E-state index in [9.17, 15) is 8.42 Å². The molecule has 1 saturated heterocycles. The van der Waals surface area contributed by atoms with Gasteiger partial charge in [0.15, 0.2) is 0 Å². The van der Waals surface area contributed by atoms with Gasteiger partial charge in [0.1, 0.15) is 16.5 Å². The molecule has 1 fully saturated rings. The number of anilines is 1. The highest BCUT2D eigenvalue weighted by Crippen LogP contribution is 2.33. The first-order valence-electron chi connectivity index (χ1n) is 6.84. The summed E-state index contributed by atoms with van der Waals surface area (Å²) in [5.41, 5.74) is 1.18. The van der Waals surface area contributed by atoms with Crippen LogP contribution in [0.2, 0.25) is 0 Å². The van der Waals surface area contributed by atoms with Crippen LogP contribution in [0.1, 0.15) is 22.7 Å². The Morgan fingerprint density at radius 2 is 2.10 bits per heavy atom. The van der Waals surface area contributed by atoms with Gasteiger partial charge in [0.05, 0.1) is 17.7 Å². The molecule has 1 aliphatic rings. The van der Waals surface area contributed by atoms with Crippen LogP contribution in [-0.4, -0.2) is 42.0 Å². The zero-order valence-electron chi connectivity index (χ0n) is 12.3. The third-order valence-electron chi connectivity index (χ3n) is 3.83. The first-order chi connectivity index (χ1) is 9.92. The van der Waals surface area contributed by atoms with Gasteiger partial charge in [-0.1, -0.05) is 0 Å². The lowest BCUT2D eigenvalue weighted by Gasteiger charge is -2.14. The fourth-order valence-corrected chi connectivity index (χ4v) is 5.09. The highest BCUT2D eigenvalue weighted by molar-refractivity contribution is 7.89.